The molecule has 1 amide bonds. The largest absolute Gasteiger partial charge is 0.426 e. The number of carbonyl (C=O) groups excluding carboxylic acids is 1. The molecule has 1 aromatic carbocycles. The minimum atomic E-state index is -0.196. The zero-order chi connectivity index (χ0) is 16.8. The molecular weight excluding hydrogens is 320 g/mol. The number of thiocarbonyl (C=S) groups is 1. The molecule has 1 saturated heterocycles. The number of nitrogens with zero attached hydrogens (tertiary/aromatic N) is 2. The van der Waals surface area contributed by atoms with Gasteiger partial charge in [-0.1, -0.05) is 36.4 Å². The Morgan fingerprint density at radius 2 is 2.12 bits per heavy atom. The second-order valence-corrected chi connectivity index (χ2v) is 6.48. The van der Waals surface area contributed by atoms with Crippen molar-refractivity contribution in [3.05, 3.63) is 65.5 Å². The molecular formula is C19H18N2O2S. The third-order valence-electron chi connectivity index (χ3n) is 4.82. The summed E-state index contributed by atoms with van der Waals surface area (Å²) in [5.74, 6) is 0.382. The monoisotopic (exact) mass is 338 g/mol. The van der Waals surface area contributed by atoms with Crippen LogP contribution in [-0.4, -0.2) is 35.6 Å². The van der Waals surface area contributed by atoms with E-state index in [9.17, 15) is 4.79 Å². The van der Waals surface area contributed by atoms with Crippen LogP contribution in [0.15, 0.2) is 59.9 Å². The van der Waals surface area contributed by atoms with Crippen LogP contribution in [0.4, 0.5) is 5.69 Å². The number of benzene rings is 1. The Kier molecular flexibility index (Phi) is 3.53. The summed E-state index contributed by atoms with van der Waals surface area (Å²) in [6.07, 6.45) is 8.26. The quantitative estimate of drug-likeness (QED) is 0.613. The van der Waals surface area contributed by atoms with Gasteiger partial charge in [0.15, 0.2) is 5.76 Å². The molecule has 0 N–H and O–H groups in total. The van der Waals surface area contributed by atoms with Gasteiger partial charge in [-0.05, 0) is 42.4 Å². The predicted molar refractivity (Wildman–Crippen MR) is 97.8 cm³/mol. The topological polar surface area (TPSA) is 32.8 Å². The molecule has 2 aliphatic heterocycles. The number of amides is 1. The number of fused-ring (bicyclic) bond motifs is 3. The third-order valence-corrected chi connectivity index (χ3v) is 5.17. The Bertz CT molecular complexity index is 824. The molecule has 24 heavy (non-hydrogen) atoms. The first-order valence-electron chi connectivity index (χ1n) is 8.07. The number of allylic oxidation sites excluding steroid dienone is 3. The van der Waals surface area contributed by atoms with Crippen LogP contribution in [0.2, 0.25) is 0 Å². The first-order valence-corrected chi connectivity index (χ1v) is 8.48. The first-order chi connectivity index (χ1) is 11.6. The lowest BCUT2D eigenvalue weighted by molar-refractivity contribution is -0.122. The number of carbonyl (C=O) groups is 1. The van der Waals surface area contributed by atoms with Crippen molar-refractivity contribution in [2.75, 3.05) is 18.5 Å². The van der Waals surface area contributed by atoms with Gasteiger partial charge in [-0.15, -0.1) is 0 Å². The van der Waals surface area contributed by atoms with E-state index >= 15 is 0 Å². The maximum Gasteiger partial charge on any atom is 0.296 e. The van der Waals surface area contributed by atoms with Crippen molar-refractivity contribution in [2.24, 2.45) is 0 Å². The molecule has 5 heteroatoms. The van der Waals surface area contributed by atoms with E-state index in [1.165, 1.54) is 16.2 Å². The van der Waals surface area contributed by atoms with Crippen molar-refractivity contribution in [1.29, 1.82) is 0 Å². The van der Waals surface area contributed by atoms with Crippen LogP contribution in [0.25, 0.3) is 0 Å². The predicted octanol–water partition coefficient (Wildman–Crippen LogP) is 3.13. The molecule has 0 aromatic heterocycles. The molecule has 2 unspecified atom stereocenters. The lowest BCUT2D eigenvalue weighted by Gasteiger charge is -2.28. The molecule has 2 atom stereocenters. The maximum absolute atomic E-state index is 12.1. The third kappa shape index (κ3) is 2.19. The summed E-state index contributed by atoms with van der Waals surface area (Å²) in [5, 5.41) is 0.202. The highest BCUT2D eigenvalue weighted by atomic mass is 32.1. The summed E-state index contributed by atoms with van der Waals surface area (Å²) in [4.78, 5) is 15.9. The Morgan fingerprint density at radius 1 is 1.33 bits per heavy atom. The highest BCUT2D eigenvalue weighted by Crippen LogP contribution is 2.44. The van der Waals surface area contributed by atoms with Crippen LogP contribution >= 0.6 is 12.2 Å². The lowest BCUT2D eigenvalue weighted by atomic mass is 9.88. The van der Waals surface area contributed by atoms with E-state index in [0.717, 1.165) is 12.1 Å². The smallest absolute Gasteiger partial charge is 0.296 e. The van der Waals surface area contributed by atoms with Gasteiger partial charge in [0.05, 0.1) is 6.04 Å². The van der Waals surface area contributed by atoms with Gasteiger partial charge in [0.2, 0.25) is 0 Å². The van der Waals surface area contributed by atoms with Gasteiger partial charge in [0.1, 0.15) is 0 Å². The van der Waals surface area contributed by atoms with Gasteiger partial charge < -0.3 is 9.64 Å². The highest BCUT2D eigenvalue weighted by molar-refractivity contribution is 7.80. The van der Waals surface area contributed by atoms with E-state index in [0.29, 0.717) is 12.0 Å². The summed E-state index contributed by atoms with van der Waals surface area (Å²) in [7, 11) is 1.62. The SMILES string of the molecule is CCN1c2ccccc2C2C=C(/C=C3/OC(=S)N(C)C3=O)C=CC21. The zero-order valence-electron chi connectivity index (χ0n) is 13.6. The lowest BCUT2D eigenvalue weighted by Crippen LogP contribution is -2.32. The van der Waals surface area contributed by atoms with Crippen LogP contribution in [0.3, 0.4) is 0 Å². The van der Waals surface area contributed by atoms with E-state index in [-0.39, 0.29) is 16.8 Å². The Balaban J connectivity index is 1.70. The summed E-state index contributed by atoms with van der Waals surface area (Å²) in [5.41, 5.74) is 3.60. The first kappa shape index (κ1) is 15.1. The Hall–Kier alpha value is -2.40. The molecule has 1 aromatic rings. The molecule has 1 aliphatic carbocycles. The second kappa shape index (κ2) is 5.60. The van der Waals surface area contributed by atoms with Gasteiger partial charge in [-0.25, -0.2) is 0 Å². The van der Waals surface area contributed by atoms with E-state index < -0.39 is 0 Å². The summed E-state index contributed by atoms with van der Waals surface area (Å²) < 4.78 is 5.40. The molecule has 2 heterocycles. The normalized spacial score (nSPS) is 26.6. The standard InChI is InChI=1S/C19H18N2O2S/c1-3-21-15-7-5-4-6-13(15)14-10-12(8-9-16(14)21)11-17-18(22)20(2)19(24)23-17/h4-11,14,16H,3H2,1-2H3/b17-11+. The molecule has 1 fully saturated rings. The van der Waals surface area contributed by atoms with Gasteiger partial charge in [-0.3, -0.25) is 9.69 Å². The van der Waals surface area contributed by atoms with E-state index in [1.54, 1.807) is 13.1 Å². The number of hydrogen-bond acceptors (Lipinski definition) is 4. The van der Waals surface area contributed by atoms with Crippen molar-refractivity contribution >= 4 is 29.0 Å². The number of hydrogen-bond donors (Lipinski definition) is 0. The molecule has 4 rings (SSSR count). The Morgan fingerprint density at radius 3 is 2.83 bits per heavy atom. The maximum atomic E-state index is 12.1. The van der Waals surface area contributed by atoms with Crippen LogP contribution in [0, 0.1) is 0 Å². The van der Waals surface area contributed by atoms with Crippen molar-refractivity contribution < 1.29 is 9.53 Å². The van der Waals surface area contributed by atoms with Crippen molar-refractivity contribution in [1.82, 2.24) is 4.90 Å². The summed E-state index contributed by atoms with van der Waals surface area (Å²) in [6.45, 7) is 3.14. The van der Waals surface area contributed by atoms with E-state index in [4.69, 9.17) is 17.0 Å². The number of anilines is 1. The van der Waals surface area contributed by atoms with Crippen molar-refractivity contribution in [3.8, 4) is 0 Å². The van der Waals surface area contributed by atoms with E-state index in [1.807, 2.05) is 0 Å². The van der Waals surface area contributed by atoms with Crippen LogP contribution in [0.1, 0.15) is 18.4 Å². The fourth-order valence-corrected chi connectivity index (χ4v) is 3.80. The number of likely N-dealkylation sites (N-methyl/N-ethyl adjacent to an activating group) is 2. The summed E-state index contributed by atoms with van der Waals surface area (Å²) in [6, 6.07) is 8.85. The summed E-state index contributed by atoms with van der Waals surface area (Å²) >= 11 is 5.02. The second-order valence-electron chi connectivity index (χ2n) is 6.13. The number of ether oxygens (including phenoxy) is 1. The van der Waals surface area contributed by atoms with Crippen LogP contribution in [0.5, 0.6) is 0 Å². The molecule has 0 bridgehead atoms. The molecule has 3 aliphatic rings. The minimum absolute atomic E-state index is 0.196. The van der Waals surface area contributed by atoms with Gasteiger partial charge in [0, 0.05) is 25.2 Å². The molecule has 4 nitrogen and oxygen atoms in total. The zero-order valence-corrected chi connectivity index (χ0v) is 14.4. The van der Waals surface area contributed by atoms with Gasteiger partial charge in [0.25, 0.3) is 11.1 Å². The molecule has 0 saturated carbocycles. The van der Waals surface area contributed by atoms with E-state index in [2.05, 4.69) is 54.3 Å². The average molecular weight is 338 g/mol. The molecule has 0 spiro atoms. The average Bonchev–Trinajstić information content (AvgIpc) is 3.04. The van der Waals surface area contributed by atoms with Crippen molar-refractivity contribution in [2.45, 2.75) is 18.9 Å². The molecule has 0 radical (unpaired) electrons. The van der Waals surface area contributed by atoms with Gasteiger partial charge >= 0.3 is 0 Å². The number of para-hydroxylation sites is 1. The van der Waals surface area contributed by atoms with Crippen molar-refractivity contribution in [3.63, 3.8) is 0 Å². The highest BCUT2D eigenvalue weighted by Gasteiger charge is 2.36. The minimum Gasteiger partial charge on any atom is -0.426 e. The molecule has 122 valence electrons. The van der Waals surface area contributed by atoms with Crippen LogP contribution in [-0.2, 0) is 9.53 Å². The van der Waals surface area contributed by atoms with Crippen LogP contribution < -0.4 is 4.90 Å². The number of rotatable bonds is 2. The fraction of sp³-hybridized carbons (Fsp3) is 0.263. The van der Waals surface area contributed by atoms with Gasteiger partial charge in [-0.2, -0.15) is 0 Å². The fourth-order valence-electron chi connectivity index (χ4n) is 3.63. The Labute approximate surface area is 146 Å².